The minimum absolute atomic E-state index is 0.00783. The first-order valence-corrected chi connectivity index (χ1v) is 14.2. The highest BCUT2D eigenvalue weighted by molar-refractivity contribution is 7.89. The third-order valence-electron chi connectivity index (χ3n) is 5.78. The van der Waals surface area contributed by atoms with Gasteiger partial charge < -0.3 is 9.47 Å². The Morgan fingerprint density at radius 1 is 1.17 bits per heavy atom. The van der Waals surface area contributed by atoms with Gasteiger partial charge in [0, 0.05) is 11.8 Å². The van der Waals surface area contributed by atoms with E-state index in [0.717, 1.165) is 16.4 Å². The van der Waals surface area contributed by atoms with Gasteiger partial charge in [0.15, 0.2) is 12.3 Å². The Morgan fingerprint density at radius 3 is 2.40 bits per heavy atom. The number of hydrogen-bond acceptors (Lipinski definition) is 9. The lowest BCUT2D eigenvalue weighted by atomic mass is 9.94. The molecule has 0 aliphatic carbocycles. The van der Waals surface area contributed by atoms with Gasteiger partial charge in [-0.3, -0.25) is 18.5 Å². The van der Waals surface area contributed by atoms with E-state index in [1.54, 1.807) is 31.2 Å². The number of hydrogen-bond donors (Lipinski definition) is 2. The summed E-state index contributed by atoms with van der Waals surface area (Å²) in [4.78, 5) is 26.7. The van der Waals surface area contributed by atoms with Crippen LogP contribution in [0, 0.1) is 6.92 Å². The first-order chi connectivity index (χ1) is 16.3. The molecule has 2 aromatic rings. The number of aryl methyl sites for hydroxylation is 1. The molecule has 4 atom stereocenters. The summed E-state index contributed by atoms with van der Waals surface area (Å²) < 4.78 is 70.5. The maximum Gasteiger partial charge on any atom is 0.330 e. The van der Waals surface area contributed by atoms with Crippen molar-refractivity contribution in [2.75, 3.05) is 19.1 Å². The summed E-state index contributed by atoms with van der Waals surface area (Å²) in [6, 6.07) is 8.96. The average molecular weight is 532 g/mol. The molecular formula is C21H29N3O9S2. The Bertz CT molecular complexity index is 1370. The second-order valence-corrected chi connectivity index (χ2v) is 11.9. The highest BCUT2D eigenvalue weighted by atomic mass is 32.2. The zero-order valence-electron chi connectivity index (χ0n) is 19.8. The zero-order valence-corrected chi connectivity index (χ0v) is 21.4. The average Bonchev–Trinajstić information content (AvgIpc) is 3.06. The molecule has 35 heavy (non-hydrogen) atoms. The van der Waals surface area contributed by atoms with Gasteiger partial charge in [-0.2, -0.15) is 8.42 Å². The Kier molecular flexibility index (Phi) is 8.03. The molecule has 2 N–H and O–H groups in total. The molecule has 0 amide bonds. The summed E-state index contributed by atoms with van der Waals surface area (Å²) in [5, 5.41) is 0. The predicted octanol–water partition coefficient (Wildman–Crippen LogP) is 0.00202. The summed E-state index contributed by atoms with van der Waals surface area (Å²) in [6.07, 6.45) is -1.98. The minimum atomic E-state index is -4.12. The SMILES string of the molecule is CC[C@]1(CS(=O)(=O)NC)O[C@@H](n2cc(C)c(=O)[nH]c2=O)[C@@H](OS(C)(=O)=O)C1OCc1ccccc1. The highest BCUT2D eigenvalue weighted by Crippen LogP contribution is 2.44. The number of aromatic amines is 1. The summed E-state index contributed by atoms with van der Waals surface area (Å²) in [5.74, 6) is -0.594. The van der Waals surface area contributed by atoms with E-state index >= 15 is 0 Å². The number of sulfonamides is 1. The molecule has 0 radical (unpaired) electrons. The first-order valence-electron chi connectivity index (χ1n) is 10.8. The van der Waals surface area contributed by atoms with Gasteiger partial charge in [-0.15, -0.1) is 0 Å². The summed E-state index contributed by atoms with van der Waals surface area (Å²) in [6.45, 7) is 3.11. The first kappa shape index (κ1) is 27.2. The van der Waals surface area contributed by atoms with Crippen LogP contribution in [0.2, 0.25) is 0 Å². The number of rotatable bonds is 10. The van der Waals surface area contributed by atoms with Crippen LogP contribution >= 0.6 is 0 Å². The van der Waals surface area contributed by atoms with E-state index in [1.165, 1.54) is 20.2 Å². The van der Waals surface area contributed by atoms with Crippen LogP contribution in [-0.2, 0) is 40.4 Å². The van der Waals surface area contributed by atoms with Gasteiger partial charge in [-0.25, -0.2) is 17.9 Å². The molecule has 1 aromatic carbocycles. The van der Waals surface area contributed by atoms with Crippen LogP contribution in [0.25, 0.3) is 0 Å². The van der Waals surface area contributed by atoms with Crippen LogP contribution < -0.4 is 16.0 Å². The third-order valence-corrected chi connectivity index (χ3v) is 7.84. The van der Waals surface area contributed by atoms with E-state index in [2.05, 4.69) is 9.71 Å². The second kappa shape index (κ2) is 10.3. The lowest BCUT2D eigenvalue weighted by Crippen LogP contribution is -2.51. The van der Waals surface area contributed by atoms with Gasteiger partial charge in [0.25, 0.3) is 15.7 Å². The van der Waals surface area contributed by atoms with Crippen molar-refractivity contribution in [3.63, 3.8) is 0 Å². The quantitative estimate of drug-likeness (QED) is 0.402. The number of aromatic nitrogens is 2. The van der Waals surface area contributed by atoms with E-state index in [-0.39, 0.29) is 18.6 Å². The van der Waals surface area contributed by atoms with Crippen LogP contribution in [0.5, 0.6) is 0 Å². The molecular weight excluding hydrogens is 502 g/mol. The van der Waals surface area contributed by atoms with Crippen molar-refractivity contribution >= 4 is 20.1 Å². The molecule has 1 aliphatic heterocycles. The fourth-order valence-corrected chi connectivity index (χ4v) is 5.84. The van der Waals surface area contributed by atoms with Crippen molar-refractivity contribution in [3.8, 4) is 0 Å². The van der Waals surface area contributed by atoms with Crippen LogP contribution in [0.15, 0.2) is 46.1 Å². The van der Waals surface area contributed by atoms with Crippen molar-refractivity contribution in [1.82, 2.24) is 14.3 Å². The van der Waals surface area contributed by atoms with E-state index in [0.29, 0.717) is 0 Å². The summed E-state index contributed by atoms with van der Waals surface area (Å²) in [5.41, 5.74) is -2.20. The van der Waals surface area contributed by atoms with Gasteiger partial charge in [0.2, 0.25) is 10.0 Å². The fraction of sp³-hybridized carbons (Fsp3) is 0.524. The fourth-order valence-electron chi connectivity index (χ4n) is 4.02. The van der Waals surface area contributed by atoms with Crippen molar-refractivity contribution in [2.45, 2.75) is 50.9 Å². The normalized spacial score (nSPS) is 25.1. The minimum Gasteiger partial charge on any atom is -0.368 e. The monoisotopic (exact) mass is 531 g/mol. The molecule has 1 aliphatic rings. The maximum absolute atomic E-state index is 12.7. The number of nitrogens with zero attached hydrogens (tertiary/aromatic N) is 1. The van der Waals surface area contributed by atoms with E-state index < -0.39 is 61.2 Å². The molecule has 1 unspecified atom stereocenters. The molecule has 0 bridgehead atoms. The number of benzene rings is 1. The topological polar surface area (TPSA) is 163 Å². The van der Waals surface area contributed by atoms with Crippen molar-refractivity contribution in [2.24, 2.45) is 0 Å². The van der Waals surface area contributed by atoms with Crippen molar-refractivity contribution < 1.29 is 30.5 Å². The highest BCUT2D eigenvalue weighted by Gasteiger charge is 2.59. The van der Waals surface area contributed by atoms with Gasteiger partial charge >= 0.3 is 5.69 Å². The van der Waals surface area contributed by atoms with Crippen LogP contribution in [-0.4, -0.2) is 63.3 Å². The van der Waals surface area contributed by atoms with Gasteiger partial charge in [0.05, 0.1) is 18.6 Å². The lowest BCUT2D eigenvalue weighted by molar-refractivity contribution is -0.110. The Labute approximate surface area is 203 Å². The summed E-state index contributed by atoms with van der Waals surface area (Å²) >= 11 is 0. The van der Waals surface area contributed by atoms with Gasteiger partial charge in [-0.1, -0.05) is 37.3 Å². The van der Waals surface area contributed by atoms with E-state index in [4.69, 9.17) is 13.7 Å². The number of ether oxygens (including phenoxy) is 2. The number of nitrogens with one attached hydrogen (secondary N) is 2. The van der Waals surface area contributed by atoms with Crippen LogP contribution in [0.4, 0.5) is 0 Å². The van der Waals surface area contributed by atoms with E-state index in [1.807, 2.05) is 6.07 Å². The molecule has 2 heterocycles. The Balaban J connectivity index is 2.17. The van der Waals surface area contributed by atoms with Crippen LogP contribution in [0.3, 0.4) is 0 Å². The molecule has 0 spiro atoms. The largest absolute Gasteiger partial charge is 0.368 e. The maximum atomic E-state index is 12.7. The van der Waals surface area contributed by atoms with Gasteiger partial charge in [0.1, 0.15) is 11.7 Å². The molecule has 1 saturated heterocycles. The smallest absolute Gasteiger partial charge is 0.330 e. The summed E-state index contributed by atoms with van der Waals surface area (Å²) in [7, 11) is -6.77. The molecule has 3 rings (SSSR count). The molecule has 12 nitrogen and oxygen atoms in total. The second-order valence-electron chi connectivity index (χ2n) is 8.35. The Hall–Kier alpha value is -2.36. The molecule has 14 heteroatoms. The lowest BCUT2D eigenvalue weighted by Gasteiger charge is -2.33. The molecule has 194 valence electrons. The van der Waals surface area contributed by atoms with Crippen molar-refractivity contribution in [3.05, 3.63) is 68.5 Å². The number of H-pyrrole nitrogens is 1. The zero-order chi connectivity index (χ0) is 26.0. The van der Waals surface area contributed by atoms with Crippen LogP contribution in [0.1, 0.15) is 30.7 Å². The molecule has 0 saturated carbocycles. The Morgan fingerprint density at radius 2 is 1.83 bits per heavy atom. The molecule has 1 aromatic heterocycles. The third kappa shape index (κ3) is 6.26. The molecule has 1 fully saturated rings. The predicted molar refractivity (Wildman–Crippen MR) is 127 cm³/mol. The van der Waals surface area contributed by atoms with E-state index in [9.17, 15) is 26.4 Å². The standard InChI is InChI=1S/C21H29N3O9S2/c1-5-21(13-35(29,30)22-3)17(31-12-15-9-7-6-8-10-15)16(33-34(4,27)28)19(32-21)24-11-14(2)18(25)23-20(24)26/h6-11,16-17,19,22H,5,12-13H2,1-4H3,(H,23,25,26)/t16-,17?,19+,21+/m0/s1. The van der Waals surface area contributed by atoms with Gasteiger partial charge in [-0.05, 0) is 26.0 Å². The van der Waals surface area contributed by atoms with Crippen molar-refractivity contribution in [1.29, 1.82) is 0 Å².